The summed E-state index contributed by atoms with van der Waals surface area (Å²) in [6, 6.07) is 7.52. The number of hydrogen-bond donors (Lipinski definition) is 1. The molecule has 35 heavy (non-hydrogen) atoms. The molecule has 0 aliphatic heterocycles. The molecule has 1 N–H and O–H groups in total. The van der Waals surface area contributed by atoms with Gasteiger partial charge in [-0.25, -0.2) is 0 Å². The molecule has 1 heterocycles. The number of esters is 1. The molecular weight excluding hydrogens is 442 g/mol. The monoisotopic (exact) mass is 481 g/mol. The number of aliphatic imine (C=N–C) groups is 1. The van der Waals surface area contributed by atoms with Gasteiger partial charge >= 0.3 is 5.97 Å². The number of rotatable bonds is 10. The molecule has 3 rings (SSSR count). The van der Waals surface area contributed by atoms with Crippen LogP contribution in [-0.2, 0) is 27.9 Å². The molecule has 1 aromatic carbocycles. The molecule has 1 fully saturated rings. The first-order valence-electron chi connectivity index (χ1n) is 12.5. The molecule has 7 heteroatoms. The van der Waals surface area contributed by atoms with E-state index in [2.05, 4.69) is 19.2 Å². The first kappa shape index (κ1) is 26.8. The van der Waals surface area contributed by atoms with Gasteiger partial charge in [-0.3, -0.25) is 19.9 Å². The van der Waals surface area contributed by atoms with E-state index in [1.54, 1.807) is 18.7 Å². The van der Waals surface area contributed by atoms with Crippen molar-refractivity contribution < 1.29 is 14.3 Å². The SMILES string of the molecule is COCC(NCc1ccc(C)c(/N=C(/c2cc(C)c(=O)n(C)c2)C(C)C)c1)C(=O)OC1CCCC1. The maximum atomic E-state index is 12.7. The van der Waals surface area contributed by atoms with Crippen LogP contribution < -0.4 is 10.9 Å². The Kier molecular flexibility index (Phi) is 9.40. The number of aryl methyl sites for hydroxylation is 3. The lowest BCUT2D eigenvalue weighted by Gasteiger charge is -2.20. The molecule has 7 nitrogen and oxygen atoms in total. The molecule has 1 aromatic heterocycles. The summed E-state index contributed by atoms with van der Waals surface area (Å²) < 4.78 is 12.6. The zero-order chi connectivity index (χ0) is 25.5. The van der Waals surface area contributed by atoms with Crippen LogP contribution in [0.3, 0.4) is 0 Å². The van der Waals surface area contributed by atoms with Crippen LogP contribution in [0.15, 0.2) is 40.2 Å². The maximum absolute atomic E-state index is 12.7. The fourth-order valence-electron chi connectivity index (χ4n) is 4.43. The summed E-state index contributed by atoms with van der Waals surface area (Å²) in [7, 11) is 3.35. The molecule has 1 saturated carbocycles. The Morgan fingerprint density at radius 3 is 2.51 bits per heavy atom. The number of ether oxygens (including phenoxy) is 2. The Labute approximate surface area is 208 Å². The lowest BCUT2D eigenvalue weighted by atomic mass is 9.99. The highest BCUT2D eigenvalue weighted by Gasteiger charge is 2.25. The van der Waals surface area contributed by atoms with Crippen LogP contribution in [0.5, 0.6) is 0 Å². The molecular formula is C28H39N3O4. The highest BCUT2D eigenvalue weighted by atomic mass is 16.5. The Morgan fingerprint density at radius 1 is 1.17 bits per heavy atom. The van der Waals surface area contributed by atoms with Crippen molar-refractivity contribution in [1.29, 1.82) is 0 Å². The van der Waals surface area contributed by atoms with E-state index in [0.717, 1.165) is 53.8 Å². The first-order valence-corrected chi connectivity index (χ1v) is 12.5. The van der Waals surface area contributed by atoms with Gasteiger partial charge < -0.3 is 14.0 Å². The van der Waals surface area contributed by atoms with Gasteiger partial charge in [0, 0.05) is 38.0 Å². The molecule has 0 saturated heterocycles. The summed E-state index contributed by atoms with van der Waals surface area (Å²) in [5, 5.41) is 3.30. The third-order valence-corrected chi connectivity index (χ3v) is 6.47. The fraction of sp³-hybridized carbons (Fsp3) is 0.536. The van der Waals surface area contributed by atoms with Gasteiger partial charge in [0.15, 0.2) is 0 Å². The van der Waals surface area contributed by atoms with Crippen LogP contribution in [0.1, 0.15) is 61.8 Å². The van der Waals surface area contributed by atoms with Crippen molar-refractivity contribution in [3.8, 4) is 0 Å². The summed E-state index contributed by atoms with van der Waals surface area (Å²) in [5.41, 5.74) is 5.51. The van der Waals surface area contributed by atoms with E-state index in [4.69, 9.17) is 14.5 Å². The van der Waals surface area contributed by atoms with Crippen LogP contribution in [0, 0.1) is 19.8 Å². The van der Waals surface area contributed by atoms with Crippen LogP contribution in [0.4, 0.5) is 5.69 Å². The second-order valence-electron chi connectivity index (χ2n) is 9.83. The van der Waals surface area contributed by atoms with Crippen molar-refractivity contribution in [3.05, 3.63) is 63.1 Å². The quantitative estimate of drug-likeness (QED) is 0.403. The van der Waals surface area contributed by atoms with Crippen LogP contribution in [0.2, 0.25) is 0 Å². The molecule has 0 bridgehead atoms. The number of nitrogens with zero attached hydrogens (tertiary/aromatic N) is 2. The number of aromatic nitrogens is 1. The summed E-state index contributed by atoms with van der Waals surface area (Å²) >= 11 is 0. The number of carbonyl (C=O) groups excluding carboxylic acids is 1. The lowest BCUT2D eigenvalue weighted by Crippen LogP contribution is -2.42. The Balaban J connectivity index is 1.80. The smallest absolute Gasteiger partial charge is 0.325 e. The van der Waals surface area contributed by atoms with E-state index in [1.165, 1.54) is 0 Å². The Morgan fingerprint density at radius 2 is 1.89 bits per heavy atom. The standard InChI is InChI=1S/C28H39N3O4/c1-18(2)26(22-13-20(4)27(32)31(5)16-22)30-24-14-21(12-11-19(24)3)15-29-25(17-34-6)28(33)35-23-9-7-8-10-23/h11-14,16,18,23,25,29H,7-10,15,17H2,1-6H3/b30-26+. The van der Waals surface area contributed by atoms with Gasteiger partial charge in [0.05, 0.1) is 18.0 Å². The highest BCUT2D eigenvalue weighted by Crippen LogP contribution is 2.24. The van der Waals surface area contributed by atoms with Crippen molar-refractivity contribution in [2.24, 2.45) is 18.0 Å². The predicted molar refractivity (Wildman–Crippen MR) is 139 cm³/mol. The van der Waals surface area contributed by atoms with Crippen LogP contribution in [0.25, 0.3) is 0 Å². The van der Waals surface area contributed by atoms with Crippen LogP contribution in [-0.4, -0.2) is 42.1 Å². The second kappa shape index (κ2) is 12.3. The van der Waals surface area contributed by atoms with Gasteiger partial charge in [-0.2, -0.15) is 0 Å². The van der Waals surface area contributed by atoms with Crippen molar-refractivity contribution in [3.63, 3.8) is 0 Å². The maximum Gasteiger partial charge on any atom is 0.325 e. The van der Waals surface area contributed by atoms with E-state index in [1.807, 2.05) is 44.3 Å². The third kappa shape index (κ3) is 7.12. The van der Waals surface area contributed by atoms with Gasteiger partial charge in [0.2, 0.25) is 0 Å². The average molecular weight is 482 g/mol. The van der Waals surface area contributed by atoms with E-state index < -0.39 is 6.04 Å². The Hall–Kier alpha value is -2.77. The van der Waals surface area contributed by atoms with Crippen molar-refractivity contribution in [2.75, 3.05) is 13.7 Å². The van der Waals surface area contributed by atoms with Gasteiger partial charge in [0.25, 0.3) is 5.56 Å². The predicted octanol–water partition coefficient (Wildman–Crippen LogP) is 4.37. The molecule has 1 atom stereocenters. The minimum atomic E-state index is -0.520. The zero-order valence-electron chi connectivity index (χ0n) is 21.9. The molecule has 1 aliphatic rings. The highest BCUT2D eigenvalue weighted by molar-refractivity contribution is 6.03. The summed E-state index contributed by atoms with van der Waals surface area (Å²) in [4.78, 5) is 29.9. The number of carbonyl (C=O) groups is 1. The summed E-state index contributed by atoms with van der Waals surface area (Å²) in [6.07, 6.45) is 5.99. The Bertz CT molecular complexity index is 1090. The van der Waals surface area contributed by atoms with E-state index in [0.29, 0.717) is 12.1 Å². The van der Waals surface area contributed by atoms with E-state index >= 15 is 0 Å². The fourth-order valence-corrected chi connectivity index (χ4v) is 4.43. The minimum Gasteiger partial charge on any atom is -0.461 e. The summed E-state index contributed by atoms with van der Waals surface area (Å²) in [6.45, 7) is 8.82. The molecule has 0 radical (unpaired) electrons. The van der Waals surface area contributed by atoms with Crippen molar-refractivity contribution >= 4 is 17.4 Å². The van der Waals surface area contributed by atoms with Crippen molar-refractivity contribution in [1.82, 2.24) is 9.88 Å². The third-order valence-electron chi connectivity index (χ3n) is 6.47. The summed E-state index contributed by atoms with van der Waals surface area (Å²) in [5.74, 6) is -0.0826. The second-order valence-corrected chi connectivity index (χ2v) is 9.83. The van der Waals surface area contributed by atoms with Gasteiger partial charge in [-0.1, -0.05) is 26.0 Å². The average Bonchev–Trinajstić information content (AvgIpc) is 3.32. The molecule has 1 unspecified atom stereocenters. The number of benzene rings is 1. The number of nitrogens with one attached hydrogen (secondary N) is 1. The first-order chi connectivity index (χ1) is 16.7. The molecule has 0 amide bonds. The van der Waals surface area contributed by atoms with Crippen molar-refractivity contribution in [2.45, 2.75) is 72.1 Å². The molecule has 2 aromatic rings. The number of pyridine rings is 1. The van der Waals surface area contributed by atoms with Gasteiger partial charge in [0.1, 0.15) is 12.1 Å². The lowest BCUT2D eigenvalue weighted by molar-refractivity contribution is -0.152. The minimum absolute atomic E-state index is 0.00169. The topological polar surface area (TPSA) is 81.9 Å². The molecule has 1 aliphatic carbocycles. The number of methoxy groups -OCH3 is 1. The molecule has 0 spiro atoms. The van der Waals surface area contributed by atoms with Crippen LogP contribution >= 0.6 is 0 Å². The zero-order valence-corrected chi connectivity index (χ0v) is 21.9. The van der Waals surface area contributed by atoms with E-state index in [-0.39, 0.29) is 30.2 Å². The van der Waals surface area contributed by atoms with Gasteiger partial charge in [-0.15, -0.1) is 0 Å². The number of hydrogen-bond acceptors (Lipinski definition) is 6. The normalized spacial score (nSPS) is 15.6. The van der Waals surface area contributed by atoms with E-state index in [9.17, 15) is 9.59 Å². The van der Waals surface area contributed by atoms with Gasteiger partial charge in [-0.05, 0) is 68.7 Å². The largest absolute Gasteiger partial charge is 0.461 e. The molecule has 190 valence electrons.